The molecule has 4 atom stereocenters. The Morgan fingerprint density at radius 2 is 2.15 bits per heavy atom. The van der Waals surface area contributed by atoms with Gasteiger partial charge in [-0.15, -0.1) is 0 Å². The van der Waals surface area contributed by atoms with Crippen molar-refractivity contribution in [1.29, 1.82) is 0 Å². The minimum absolute atomic E-state index is 0.0467. The monoisotopic (exact) mass is 279 g/mol. The van der Waals surface area contributed by atoms with Crippen LogP contribution in [0.25, 0.3) is 0 Å². The van der Waals surface area contributed by atoms with Gasteiger partial charge in [-0.1, -0.05) is 32.3 Å². The summed E-state index contributed by atoms with van der Waals surface area (Å²) >= 11 is 0. The van der Waals surface area contributed by atoms with Gasteiger partial charge < -0.3 is 14.6 Å². The first kappa shape index (κ1) is 14.0. The van der Waals surface area contributed by atoms with Crippen molar-refractivity contribution in [3.05, 3.63) is 11.7 Å². The zero-order valence-electron chi connectivity index (χ0n) is 12.8. The van der Waals surface area contributed by atoms with Gasteiger partial charge in [0.1, 0.15) is 6.10 Å². The summed E-state index contributed by atoms with van der Waals surface area (Å²) < 4.78 is 11.1. The third kappa shape index (κ3) is 2.37. The quantitative estimate of drug-likeness (QED) is 0.922. The molecule has 20 heavy (non-hydrogen) atoms. The van der Waals surface area contributed by atoms with E-state index in [2.05, 4.69) is 36.2 Å². The fourth-order valence-corrected chi connectivity index (χ4v) is 3.78. The lowest BCUT2D eigenvalue weighted by Gasteiger charge is -2.26. The van der Waals surface area contributed by atoms with Crippen LogP contribution in [0.2, 0.25) is 0 Å². The summed E-state index contributed by atoms with van der Waals surface area (Å²) in [5, 5.41) is 7.71. The van der Waals surface area contributed by atoms with Crippen LogP contribution in [0.15, 0.2) is 4.52 Å². The van der Waals surface area contributed by atoms with Crippen molar-refractivity contribution in [2.75, 3.05) is 13.7 Å². The van der Waals surface area contributed by atoms with Gasteiger partial charge in [0.05, 0.1) is 6.04 Å². The zero-order valence-corrected chi connectivity index (χ0v) is 12.8. The Hall–Kier alpha value is -0.940. The highest BCUT2D eigenvalue weighted by molar-refractivity contribution is 5.05. The van der Waals surface area contributed by atoms with E-state index in [1.54, 1.807) is 7.11 Å². The highest BCUT2D eigenvalue weighted by atomic mass is 16.5. The van der Waals surface area contributed by atoms with Crippen LogP contribution in [-0.2, 0) is 4.74 Å². The highest BCUT2D eigenvalue weighted by Gasteiger charge is 2.43. The molecule has 2 fully saturated rings. The molecule has 1 saturated carbocycles. The van der Waals surface area contributed by atoms with Crippen molar-refractivity contribution in [3.63, 3.8) is 0 Å². The fourth-order valence-electron chi connectivity index (χ4n) is 3.78. The van der Waals surface area contributed by atoms with Crippen molar-refractivity contribution in [1.82, 2.24) is 15.5 Å². The van der Waals surface area contributed by atoms with Gasteiger partial charge in [0, 0.05) is 7.11 Å². The normalized spacial score (nSPS) is 31.5. The zero-order chi connectivity index (χ0) is 14.3. The molecule has 1 aromatic heterocycles. The van der Waals surface area contributed by atoms with Gasteiger partial charge in [0.25, 0.3) is 0 Å². The van der Waals surface area contributed by atoms with Crippen LogP contribution < -0.4 is 5.32 Å². The van der Waals surface area contributed by atoms with Gasteiger partial charge in [-0.2, -0.15) is 4.98 Å². The summed E-state index contributed by atoms with van der Waals surface area (Å²) in [6.07, 6.45) is 3.79. The Balaban J connectivity index is 1.80. The molecule has 0 aromatic carbocycles. The average molecular weight is 279 g/mol. The van der Waals surface area contributed by atoms with E-state index in [0.29, 0.717) is 11.7 Å². The molecule has 5 heteroatoms. The van der Waals surface area contributed by atoms with Crippen LogP contribution in [0.1, 0.15) is 63.9 Å². The average Bonchev–Trinajstić information content (AvgIpc) is 3.01. The van der Waals surface area contributed by atoms with Crippen LogP contribution >= 0.6 is 0 Å². The molecule has 0 bridgehead atoms. The summed E-state index contributed by atoms with van der Waals surface area (Å²) in [7, 11) is 1.70. The maximum absolute atomic E-state index is 5.56. The van der Waals surface area contributed by atoms with E-state index in [9.17, 15) is 0 Å². The van der Waals surface area contributed by atoms with Gasteiger partial charge in [-0.25, -0.2) is 0 Å². The van der Waals surface area contributed by atoms with Crippen LogP contribution in [0.4, 0.5) is 0 Å². The Labute approximate surface area is 120 Å². The number of hydrogen-bond donors (Lipinski definition) is 1. The summed E-state index contributed by atoms with van der Waals surface area (Å²) in [4.78, 5) is 4.63. The molecule has 4 unspecified atom stereocenters. The third-order valence-electron chi connectivity index (χ3n) is 4.73. The summed E-state index contributed by atoms with van der Waals surface area (Å²) in [6.45, 7) is 7.45. The Kier molecular flexibility index (Phi) is 3.58. The second-order valence-electron chi connectivity index (χ2n) is 7.21. The standard InChI is InChI=1S/C15H25N3O2/c1-15(2,3)12(19-4)13-17-14(20-18-13)11-10-7-5-6-9(10)8-16-11/h9-12,16H,5-8H2,1-4H3. The molecular weight excluding hydrogens is 254 g/mol. The van der Waals surface area contributed by atoms with Crippen molar-refractivity contribution in [3.8, 4) is 0 Å². The number of aromatic nitrogens is 2. The highest BCUT2D eigenvalue weighted by Crippen LogP contribution is 2.44. The summed E-state index contributed by atoms with van der Waals surface area (Å²) in [5.74, 6) is 2.86. The number of nitrogens with zero attached hydrogens (tertiary/aromatic N) is 2. The topological polar surface area (TPSA) is 60.2 Å². The molecule has 0 radical (unpaired) electrons. The van der Waals surface area contributed by atoms with Crippen molar-refractivity contribution >= 4 is 0 Å². The van der Waals surface area contributed by atoms with Gasteiger partial charge in [0.15, 0.2) is 0 Å². The van der Waals surface area contributed by atoms with Crippen molar-refractivity contribution in [2.24, 2.45) is 17.3 Å². The molecule has 112 valence electrons. The molecule has 1 saturated heterocycles. The Morgan fingerprint density at radius 1 is 1.35 bits per heavy atom. The molecule has 2 heterocycles. The minimum Gasteiger partial charge on any atom is -0.373 e. The summed E-state index contributed by atoms with van der Waals surface area (Å²) in [6, 6.07) is 0.237. The lowest BCUT2D eigenvalue weighted by Crippen LogP contribution is -2.22. The molecule has 1 N–H and O–H groups in total. The van der Waals surface area contributed by atoms with Gasteiger partial charge in [0.2, 0.25) is 11.7 Å². The first-order valence-electron chi connectivity index (χ1n) is 7.60. The first-order chi connectivity index (χ1) is 9.50. The van der Waals surface area contributed by atoms with Crippen molar-refractivity contribution in [2.45, 2.75) is 52.2 Å². The number of hydrogen-bond acceptors (Lipinski definition) is 5. The largest absolute Gasteiger partial charge is 0.373 e. The number of methoxy groups -OCH3 is 1. The third-order valence-corrected chi connectivity index (χ3v) is 4.73. The van der Waals surface area contributed by atoms with Crippen molar-refractivity contribution < 1.29 is 9.26 Å². The van der Waals surface area contributed by atoms with E-state index >= 15 is 0 Å². The number of fused-ring (bicyclic) bond motifs is 1. The molecule has 1 aromatic rings. The van der Waals surface area contributed by atoms with E-state index in [4.69, 9.17) is 9.26 Å². The number of rotatable bonds is 3. The molecular formula is C15H25N3O2. The van der Waals surface area contributed by atoms with Crippen LogP contribution in [0, 0.1) is 17.3 Å². The predicted molar refractivity (Wildman–Crippen MR) is 75.1 cm³/mol. The minimum atomic E-state index is -0.138. The molecule has 1 aliphatic heterocycles. The van der Waals surface area contributed by atoms with Crippen LogP contribution in [-0.4, -0.2) is 23.8 Å². The molecule has 3 rings (SSSR count). The Bertz CT molecular complexity index is 466. The van der Waals surface area contributed by atoms with E-state index in [1.807, 2.05) is 0 Å². The molecule has 2 aliphatic rings. The second kappa shape index (κ2) is 5.11. The maximum atomic E-state index is 5.56. The van der Waals surface area contributed by atoms with Crippen LogP contribution in [0.3, 0.4) is 0 Å². The predicted octanol–water partition coefficient (Wildman–Crippen LogP) is 2.86. The molecule has 1 aliphatic carbocycles. The first-order valence-corrected chi connectivity index (χ1v) is 7.60. The second-order valence-corrected chi connectivity index (χ2v) is 7.21. The van der Waals surface area contributed by atoms with E-state index < -0.39 is 0 Å². The molecule has 0 amide bonds. The van der Waals surface area contributed by atoms with E-state index in [-0.39, 0.29) is 17.6 Å². The van der Waals surface area contributed by atoms with E-state index in [0.717, 1.165) is 18.4 Å². The van der Waals surface area contributed by atoms with Crippen LogP contribution in [0.5, 0.6) is 0 Å². The number of nitrogens with one attached hydrogen (secondary N) is 1. The fraction of sp³-hybridized carbons (Fsp3) is 0.867. The molecule has 0 spiro atoms. The lowest BCUT2D eigenvalue weighted by atomic mass is 9.88. The SMILES string of the molecule is COC(c1noc(C2NCC3CCCC32)n1)C(C)(C)C. The lowest BCUT2D eigenvalue weighted by molar-refractivity contribution is 0.00718. The van der Waals surface area contributed by atoms with Gasteiger partial charge >= 0.3 is 0 Å². The summed E-state index contributed by atoms with van der Waals surface area (Å²) in [5.41, 5.74) is -0.0467. The van der Waals surface area contributed by atoms with Gasteiger partial charge in [-0.3, -0.25) is 0 Å². The Morgan fingerprint density at radius 3 is 2.85 bits per heavy atom. The number of ether oxygens (including phenoxy) is 1. The smallest absolute Gasteiger partial charge is 0.244 e. The maximum Gasteiger partial charge on any atom is 0.244 e. The van der Waals surface area contributed by atoms with E-state index in [1.165, 1.54) is 19.3 Å². The van der Waals surface area contributed by atoms with Gasteiger partial charge in [-0.05, 0) is 36.6 Å². The molecule has 5 nitrogen and oxygen atoms in total.